The molecule has 0 heterocycles. The van der Waals surface area contributed by atoms with Crippen LogP contribution in [-0.2, 0) is 11.2 Å². The topological polar surface area (TPSA) is 35.2 Å². The van der Waals surface area contributed by atoms with Gasteiger partial charge in [-0.2, -0.15) is 0 Å². The third-order valence-corrected chi connectivity index (χ3v) is 3.66. The quantitative estimate of drug-likeness (QED) is 0.614. The van der Waals surface area contributed by atoms with Crippen LogP contribution in [0.4, 0.5) is 8.78 Å². The molecule has 0 aromatic heterocycles. The van der Waals surface area contributed by atoms with E-state index < -0.39 is 11.6 Å². The Bertz CT molecular complexity index is 364. The van der Waals surface area contributed by atoms with Crippen LogP contribution in [0.5, 0.6) is 0 Å². The molecule has 0 aliphatic heterocycles. The Morgan fingerprint density at radius 2 is 1.94 bits per heavy atom. The summed E-state index contributed by atoms with van der Waals surface area (Å²) in [7, 11) is 1.56. The average Bonchev–Trinajstić information content (AvgIpc) is 2.32. The molecule has 5 heteroatoms. The van der Waals surface area contributed by atoms with E-state index in [0.717, 1.165) is 18.2 Å². The van der Waals surface area contributed by atoms with E-state index in [4.69, 9.17) is 10.5 Å². The minimum Gasteiger partial charge on any atom is -0.384 e. The van der Waals surface area contributed by atoms with Gasteiger partial charge in [0.15, 0.2) is 0 Å². The van der Waals surface area contributed by atoms with Gasteiger partial charge >= 0.3 is 0 Å². The van der Waals surface area contributed by atoms with Crippen LogP contribution in [0.3, 0.4) is 0 Å². The summed E-state index contributed by atoms with van der Waals surface area (Å²) >= 11 is 1.13. The van der Waals surface area contributed by atoms with E-state index in [1.165, 1.54) is 12.1 Å². The molecule has 0 radical (unpaired) electrons. The maximum atomic E-state index is 13.8. The molecule has 1 rings (SSSR count). The predicted molar refractivity (Wildman–Crippen MR) is 70.9 cm³/mol. The Morgan fingerprint density at radius 1 is 1.33 bits per heavy atom. The zero-order valence-electron chi connectivity index (χ0n) is 10.7. The van der Waals surface area contributed by atoms with E-state index in [-0.39, 0.29) is 10.9 Å². The molecule has 1 aromatic carbocycles. The van der Waals surface area contributed by atoms with Crippen LogP contribution >= 0.6 is 11.8 Å². The van der Waals surface area contributed by atoms with Crippen molar-refractivity contribution >= 4 is 11.8 Å². The second-order valence-corrected chi connectivity index (χ2v) is 5.21. The second-order valence-electron chi connectivity index (χ2n) is 4.10. The van der Waals surface area contributed by atoms with Crippen LogP contribution in [0.25, 0.3) is 0 Å². The summed E-state index contributed by atoms with van der Waals surface area (Å²) in [6.45, 7) is 2.42. The minimum absolute atomic E-state index is 0.0564. The molecule has 2 N–H and O–H groups in total. The number of ether oxygens (including phenoxy) is 1. The molecule has 0 aliphatic carbocycles. The normalized spacial score (nSPS) is 12.7. The summed E-state index contributed by atoms with van der Waals surface area (Å²) in [5.41, 5.74) is 6.38. The largest absolute Gasteiger partial charge is 0.384 e. The van der Waals surface area contributed by atoms with Crippen molar-refractivity contribution in [1.82, 2.24) is 0 Å². The third kappa shape index (κ3) is 4.55. The average molecular weight is 275 g/mol. The van der Waals surface area contributed by atoms with Gasteiger partial charge in [-0.15, -0.1) is 11.8 Å². The molecule has 0 bridgehead atoms. The van der Waals surface area contributed by atoms with Gasteiger partial charge in [0.1, 0.15) is 11.6 Å². The van der Waals surface area contributed by atoms with Crippen molar-refractivity contribution in [2.45, 2.75) is 30.7 Å². The number of hydrogen-bond donors (Lipinski definition) is 1. The molecule has 0 aliphatic rings. The lowest BCUT2D eigenvalue weighted by molar-refractivity contribution is 0.218. The van der Waals surface area contributed by atoms with Gasteiger partial charge in [-0.1, -0.05) is 6.92 Å². The van der Waals surface area contributed by atoms with Gasteiger partial charge in [-0.3, -0.25) is 0 Å². The van der Waals surface area contributed by atoms with Crippen molar-refractivity contribution in [3.8, 4) is 0 Å². The number of methoxy groups -OCH3 is 1. The third-order valence-electron chi connectivity index (χ3n) is 2.61. The highest BCUT2D eigenvalue weighted by atomic mass is 32.2. The Labute approximate surface area is 111 Å². The fourth-order valence-corrected chi connectivity index (χ4v) is 2.39. The Hall–Kier alpha value is -0.650. The molecular weight excluding hydrogens is 256 g/mol. The highest BCUT2D eigenvalue weighted by Crippen LogP contribution is 2.26. The van der Waals surface area contributed by atoms with Gasteiger partial charge in [0, 0.05) is 18.9 Å². The van der Waals surface area contributed by atoms with Crippen molar-refractivity contribution < 1.29 is 13.5 Å². The number of nitrogens with two attached hydrogens (primary N) is 1. The van der Waals surface area contributed by atoms with Gasteiger partial charge in [0.05, 0.1) is 11.5 Å². The van der Waals surface area contributed by atoms with E-state index in [9.17, 15) is 8.78 Å². The monoisotopic (exact) mass is 275 g/mol. The van der Waals surface area contributed by atoms with Gasteiger partial charge in [-0.05, 0) is 30.5 Å². The van der Waals surface area contributed by atoms with Crippen molar-refractivity contribution in [3.63, 3.8) is 0 Å². The van der Waals surface area contributed by atoms with E-state index >= 15 is 0 Å². The second kappa shape index (κ2) is 7.71. The number of hydrogen-bond acceptors (Lipinski definition) is 3. The first-order valence-corrected chi connectivity index (χ1v) is 6.92. The lowest BCUT2D eigenvalue weighted by Gasteiger charge is -2.11. The zero-order valence-corrected chi connectivity index (χ0v) is 11.5. The summed E-state index contributed by atoms with van der Waals surface area (Å²) < 4.78 is 32.4. The van der Waals surface area contributed by atoms with E-state index in [1.807, 2.05) is 6.92 Å². The fourth-order valence-electron chi connectivity index (χ4n) is 1.54. The van der Waals surface area contributed by atoms with Crippen LogP contribution in [0.15, 0.2) is 17.0 Å². The number of benzene rings is 1. The molecule has 1 unspecified atom stereocenters. The lowest BCUT2D eigenvalue weighted by Crippen LogP contribution is -2.21. The van der Waals surface area contributed by atoms with E-state index in [0.29, 0.717) is 24.3 Å². The molecular formula is C13H19F2NOS. The highest BCUT2D eigenvalue weighted by molar-refractivity contribution is 7.99. The summed E-state index contributed by atoms with van der Waals surface area (Å²) in [4.78, 5) is 0.0564. The van der Waals surface area contributed by atoms with Crippen LogP contribution in [0.1, 0.15) is 18.9 Å². The molecule has 1 aromatic rings. The van der Waals surface area contributed by atoms with Crippen molar-refractivity contribution in [1.29, 1.82) is 0 Å². The van der Waals surface area contributed by atoms with Gasteiger partial charge in [-0.25, -0.2) is 8.78 Å². The Morgan fingerprint density at radius 3 is 2.44 bits per heavy atom. The predicted octanol–water partition coefficient (Wildman–Crippen LogP) is 2.98. The smallest absolute Gasteiger partial charge is 0.140 e. The van der Waals surface area contributed by atoms with Crippen molar-refractivity contribution in [2.75, 3.05) is 19.5 Å². The zero-order chi connectivity index (χ0) is 13.5. The standard InChI is InChI=1S/C13H19F2NOS/c1-3-10(16)6-9-7-11(14)13(12(15)8-9)18-5-4-17-2/h7-8,10H,3-6,16H2,1-2H3. The first kappa shape index (κ1) is 15.4. The van der Waals surface area contributed by atoms with Crippen LogP contribution in [0, 0.1) is 11.6 Å². The molecule has 0 saturated heterocycles. The summed E-state index contributed by atoms with van der Waals surface area (Å²) in [5.74, 6) is -0.512. The maximum absolute atomic E-state index is 13.8. The molecule has 2 nitrogen and oxygen atoms in total. The van der Waals surface area contributed by atoms with Crippen molar-refractivity contribution in [3.05, 3.63) is 29.3 Å². The number of halogens is 2. The van der Waals surface area contributed by atoms with E-state index in [2.05, 4.69) is 0 Å². The maximum Gasteiger partial charge on any atom is 0.140 e. The van der Waals surface area contributed by atoms with Crippen LogP contribution in [0.2, 0.25) is 0 Å². The molecule has 102 valence electrons. The molecule has 0 fully saturated rings. The van der Waals surface area contributed by atoms with Crippen LogP contribution in [-0.4, -0.2) is 25.5 Å². The SMILES string of the molecule is CCC(N)Cc1cc(F)c(SCCOC)c(F)c1. The number of rotatable bonds is 7. The molecule has 0 spiro atoms. The summed E-state index contributed by atoms with van der Waals surface area (Å²) in [6, 6.07) is 2.68. The summed E-state index contributed by atoms with van der Waals surface area (Å²) in [5, 5.41) is 0. The van der Waals surface area contributed by atoms with E-state index in [1.54, 1.807) is 7.11 Å². The van der Waals surface area contributed by atoms with Gasteiger partial charge in [0.25, 0.3) is 0 Å². The van der Waals surface area contributed by atoms with Crippen LogP contribution < -0.4 is 5.73 Å². The Kier molecular flexibility index (Phi) is 6.60. The lowest BCUT2D eigenvalue weighted by atomic mass is 10.0. The number of thioether (sulfide) groups is 1. The fraction of sp³-hybridized carbons (Fsp3) is 0.538. The molecule has 1 atom stereocenters. The first-order valence-electron chi connectivity index (χ1n) is 5.93. The summed E-state index contributed by atoms with van der Waals surface area (Å²) in [6.07, 6.45) is 1.28. The minimum atomic E-state index is -0.519. The van der Waals surface area contributed by atoms with Gasteiger partial charge < -0.3 is 10.5 Å². The van der Waals surface area contributed by atoms with Crippen molar-refractivity contribution in [2.24, 2.45) is 5.73 Å². The first-order chi connectivity index (χ1) is 8.58. The van der Waals surface area contributed by atoms with Gasteiger partial charge in [0.2, 0.25) is 0 Å². The molecule has 0 amide bonds. The highest BCUT2D eigenvalue weighted by Gasteiger charge is 2.13. The molecule has 0 saturated carbocycles. The molecule has 18 heavy (non-hydrogen) atoms. The Balaban J connectivity index is 2.77.